The molecule has 0 amide bonds. The lowest BCUT2D eigenvalue weighted by Crippen LogP contribution is -2.41. The zero-order valence-electron chi connectivity index (χ0n) is 17.6. The Labute approximate surface area is 187 Å². The number of aliphatic carboxylic acids is 1. The Hall–Kier alpha value is -3.14. The molecule has 0 unspecified atom stereocenters. The van der Waals surface area contributed by atoms with Crippen molar-refractivity contribution in [3.05, 3.63) is 55.4 Å². The van der Waals surface area contributed by atoms with Gasteiger partial charge in [0.25, 0.3) is 5.56 Å². The Morgan fingerprint density at radius 2 is 1.88 bits per heavy atom. The molecular formula is C21H23ClFN5O4. The van der Waals surface area contributed by atoms with Gasteiger partial charge in [-0.2, -0.15) is 4.98 Å². The lowest BCUT2D eigenvalue weighted by atomic mass is 10.1. The fraction of sp³-hybridized carbons (Fsp3) is 0.429. The number of piperidine rings is 1. The molecule has 0 saturated carbocycles. The minimum atomic E-state index is -1.24. The molecule has 0 bridgehead atoms. The number of hydrogen-bond donors (Lipinski definition) is 1. The van der Waals surface area contributed by atoms with Crippen LogP contribution in [0.4, 0.5) is 10.3 Å². The van der Waals surface area contributed by atoms with E-state index in [-0.39, 0.29) is 34.8 Å². The topological polar surface area (TPSA) is 102 Å². The van der Waals surface area contributed by atoms with Crippen LogP contribution >= 0.6 is 11.6 Å². The Morgan fingerprint density at radius 3 is 2.50 bits per heavy atom. The van der Waals surface area contributed by atoms with E-state index in [1.807, 2.05) is 4.90 Å². The SMILES string of the molecule is CCn1c(=O)c2c(nc(N3CCCCC3)n2Cc2c(F)cccc2Cl)n(CC(=O)O)c1=O. The highest BCUT2D eigenvalue weighted by Crippen LogP contribution is 2.27. The van der Waals surface area contributed by atoms with Crippen molar-refractivity contribution in [2.45, 2.75) is 45.8 Å². The molecule has 2 aromatic heterocycles. The van der Waals surface area contributed by atoms with E-state index in [0.29, 0.717) is 19.0 Å². The summed E-state index contributed by atoms with van der Waals surface area (Å²) >= 11 is 6.26. The number of benzene rings is 1. The number of carbonyl (C=O) groups is 1. The number of carboxylic acids is 1. The van der Waals surface area contributed by atoms with Gasteiger partial charge in [-0.25, -0.2) is 9.18 Å². The third-order valence-corrected chi connectivity index (χ3v) is 6.07. The Balaban J connectivity index is 2.05. The average molecular weight is 464 g/mol. The van der Waals surface area contributed by atoms with Gasteiger partial charge in [-0.05, 0) is 38.3 Å². The molecule has 3 aromatic rings. The van der Waals surface area contributed by atoms with Crippen molar-refractivity contribution in [3.63, 3.8) is 0 Å². The number of halogens is 2. The first-order valence-electron chi connectivity index (χ1n) is 10.5. The first-order chi connectivity index (χ1) is 15.3. The van der Waals surface area contributed by atoms with Gasteiger partial charge < -0.3 is 10.0 Å². The lowest BCUT2D eigenvalue weighted by Gasteiger charge is -2.28. The second-order valence-electron chi connectivity index (χ2n) is 7.73. The number of carboxylic acid groups (broad SMARTS) is 1. The predicted molar refractivity (Wildman–Crippen MR) is 118 cm³/mol. The molecule has 4 rings (SSSR count). The summed E-state index contributed by atoms with van der Waals surface area (Å²) in [5, 5.41) is 9.56. The fourth-order valence-corrected chi connectivity index (χ4v) is 4.39. The maximum Gasteiger partial charge on any atom is 0.333 e. The maximum atomic E-state index is 14.6. The van der Waals surface area contributed by atoms with Crippen LogP contribution in [0.3, 0.4) is 0 Å². The van der Waals surface area contributed by atoms with Crippen LogP contribution in [0.5, 0.6) is 0 Å². The van der Waals surface area contributed by atoms with Crippen molar-refractivity contribution >= 4 is 34.7 Å². The first-order valence-corrected chi connectivity index (χ1v) is 10.8. The molecule has 1 aliphatic heterocycles. The van der Waals surface area contributed by atoms with Gasteiger partial charge in [-0.15, -0.1) is 0 Å². The quantitative estimate of drug-likeness (QED) is 0.601. The summed E-state index contributed by atoms with van der Waals surface area (Å²) in [6, 6.07) is 4.34. The summed E-state index contributed by atoms with van der Waals surface area (Å²) in [5.41, 5.74) is -1.14. The van der Waals surface area contributed by atoms with Gasteiger partial charge in [-0.3, -0.25) is 23.3 Å². The van der Waals surface area contributed by atoms with Crippen LogP contribution < -0.4 is 16.1 Å². The van der Waals surface area contributed by atoms with Gasteiger partial charge in [0.15, 0.2) is 11.2 Å². The number of imidazole rings is 1. The molecule has 1 aromatic carbocycles. The average Bonchev–Trinajstić information content (AvgIpc) is 3.14. The van der Waals surface area contributed by atoms with Crippen molar-refractivity contribution in [1.82, 2.24) is 18.7 Å². The molecule has 1 fully saturated rings. The van der Waals surface area contributed by atoms with E-state index in [4.69, 9.17) is 11.6 Å². The number of aromatic nitrogens is 4. The summed E-state index contributed by atoms with van der Waals surface area (Å²) in [5.74, 6) is -1.37. The predicted octanol–water partition coefficient (Wildman–Crippen LogP) is 2.30. The number of fused-ring (bicyclic) bond motifs is 1. The molecule has 9 nitrogen and oxygen atoms in total. The van der Waals surface area contributed by atoms with E-state index in [9.17, 15) is 23.9 Å². The van der Waals surface area contributed by atoms with Crippen LogP contribution in [0, 0.1) is 5.82 Å². The number of hydrogen-bond acceptors (Lipinski definition) is 5. The van der Waals surface area contributed by atoms with Gasteiger partial charge >= 0.3 is 11.7 Å². The number of nitrogens with zero attached hydrogens (tertiary/aromatic N) is 5. The zero-order chi connectivity index (χ0) is 23.0. The largest absolute Gasteiger partial charge is 0.480 e. The van der Waals surface area contributed by atoms with Gasteiger partial charge in [0.05, 0.1) is 6.54 Å². The molecule has 0 spiro atoms. The monoisotopic (exact) mass is 463 g/mol. The molecule has 1 aliphatic rings. The molecular weight excluding hydrogens is 441 g/mol. The molecule has 3 heterocycles. The van der Waals surface area contributed by atoms with Crippen LogP contribution in [0.15, 0.2) is 27.8 Å². The molecule has 0 atom stereocenters. The van der Waals surface area contributed by atoms with E-state index in [1.165, 1.54) is 12.1 Å². The van der Waals surface area contributed by atoms with Crippen molar-refractivity contribution in [1.29, 1.82) is 0 Å². The summed E-state index contributed by atoms with van der Waals surface area (Å²) in [6.07, 6.45) is 2.90. The van der Waals surface area contributed by atoms with Crippen molar-refractivity contribution in [2.75, 3.05) is 18.0 Å². The highest BCUT2D eigenvalue weighted by atomic mass is 35.5. The highest BCUT2D eigenvalue weighted by molar-refractivity contribution is 6.31. The number of rotatable bonds is 6. The summed E-state index contributed by atoms with van der Waals surface area (Å²) in [4.78, 5) is 44.1. The smallest absolute Gasteiger partial charge is 0.333 e. The third-order valence-electron chi connectivity index (χ3n) is 5.72. The molecule has 0 aliphatic carbocycles. The van der Waals surface area contributed by atoms with Gasteiger partial charge in [0.1, 0.15) is 12.4 Å². The standard InChI is InChI=1S/C21H23ClFN5O4/c1-2-26-19(31)17-18(28(21(26)32)12-16(29)30)24-20(25-9-4-3-5-10-25)27(17)11-13-14(22)7-6-8-15(13)23/h6-8H,2-5,9-12H2,1H3,(H,29,30). The van der Waals surface area contributed by atoms with Crippen LogP contribution in [0.2, 0.25) is 5.02 Å². The Kier molecular flexibility index (Phi) is 6.05. The van der Waals surface area contributed by atoms with Gasteiger partial charge in [0, 0.05) is 30.2 Å². The fourth-order valence-electron chi connectivity index (χ4n) is 4.16. The van der Waals surface area contributed by atoms with E-state index in [2.05, 4.69) is 4.98 Å². The van der Waals surface area contributed by atoms with Crippen LogP contribution in [-0.4, -0.2) is 42.9 Å². The Morgan fingerprint density at radius 1 is 1.16 bits per heavy atom. The van der Waals surface area contributed by atoms with E-state index in [0.717, 1.165) is 28.4 Å². The minimum absolute atomic E-state index is 0.0277. The maximum absolute atomic E-state index is 14.6. The minimum Gasteiger partial charge on any atom is -0.480 e. The van der Waals surface area contributed by atoms with Crippen molar-refractivity contribution < 1.29 is 14.3 Å². The summed E-state index contributed by atoms with van der Waals surface area (Å²) in [7, 11) is 0. The molecule has 0 radical (unpaired) electrons. The number of anilines is 1. The Bertz CT molecular complexity index is 1290. The summed E-state index contributed by atoms with van der Waals surface area (Å²) < 4.78 is 18.1. The molecule has 170 valence electrons. The molecule has 1 saturated heterocycles. The lowest BCUT2D eigenvalue weighted by molar-refractivity contribution is -0.137. The van der Waals surface area contributed by atoms with Crippen LogP contribution in [0.25, 0.3) is 11.2 Å². The molecule has 32 heavy (non-hydrogen) atoms. The van der Waals surface area contributed by atoms with E-state index in [1.54, 1.807) is 17.6 Å². The second-order valence-corrected chi connectivity index (χ2v) is 8.14. The summed E-state index contributed by atoms with van der Waals surface area (Å²) in [6.45, 7) is 2.31. The first kappa shape index (κ1) is 22.1. The second kappa shape index (κ2) is 8.78. The van der Waals surface area contributed by atoms with Crippen LogP contribution in [-0.2, 0) is 24.4 Å². The normalized spacial score (nSPS) is 14.3. The zero-order valence-corrected chi connectivity index (χ0v) is 18.3. The van der Waals surface area contributed by atoms with Crippen molar-refractivity contribution in [3.8, 4) is 0 Å². The van der Waals surface area contributed by atoms with E-state index < -0.39 is 29.6 Å². The van der Waals surface area contributed by atoms with Crippen LogP contribution in [0.1, 0.15) is 31.7 Å². The third kappa shape index (κ3) is 3.79. The molecule has 1 N–H and O–H groups in total. The molecule has 11 heteroatoms. The van der Waals surface area contributed by atoms with Gasteiger partial charge in [0.2, 0.25) is 5.95 Å². The van der Waals surface area contributed by atoms with E-state index >= 15 is 0 Å². The van der Waals surface area contributed by atoms with Crippen molar-refractivity contribution in [2.24, 2.45) is 0 Å². The highest BCUT2D eigenvalue weighted by Gasteiger charge is 2.26. The van der Waals surface area contributed by atoms with Gasteiger partial charge in [-0.1, -0.05) is 17.7 Å².